The Morgan fingerprint density at radius 1 is 0.793 bits per heavy atom. The fraction of sp³-hybridized carbons (Fsp3) is 0. The molecule has 0 unspecified atom stereocenters. The van der Waals surface area contributed by atoms with Crippen LogP contribution in [0.25, 0.3) is 0 Å². The molecule has 6 heteroatoms. The van der Waals surface area contributed by atoms with Crippen LogP contribution in [-0.4, -0.2) is 17.5 Å². The largest absolute Gasteiger partial charge is 0.423 e. The van der Waals surface area contributed by atoms with Gasteiger partial charge in [-0.2, -0.15) is 5.11 Å². The predicted octanol–water partition coefficient (Wildman–Crippen LogP) is 4.97. The molecule has 0 fully saturated rings. The van der Waals surface area contributed by atoms with Crippen molar-refractivity contribution in [3.63, 3.8) is 0 Å². The summed E-state index contributed by atoms with van der Waals surface area (Å²) in [5.74, 6) is -0.667. The third-order valence-electron chi connectivity index (χ3n) is 4.43. The summed E-state index contributed by atoms with van der Waals surface area (Å²) in [7, 11) is 0. The number of ketones is 2. The zero-order chi connectivity index (χ0) is 20.4. The normalized spacial score (nSPS) is 12.4. The highest BCUT2D eigenvalue weighted by Crippen LogP contribution is 2.34. The van der Waals surface area contributed by atoms with Crippen molar-refractivity contribution in [1.82, 2.24) is 0 Å². The van der Waals surface area contributed by atoms with E-state index in [1.165, 1.54) is 0 Å². The maximum absolute atomic E-state index is 13.0. The third kappa shape index (κ3) is 3.39. The van der Waals surface area contributed by atoms with E-state index in [2.05, 4.69) is 16.8 Å². The lowest BCUT2D eigenvalue weighted by Gasteiger charge is -2.18. The van der Waals surface area contributed by atoms with Gasteiger partial charge in [-0.15, -0.1) is 5.11 Å². The number of azo groups is 1. The first-order valence-electron chi connectivity index (χ1n) is 8.76. The van der Waals surface area contributed by atoms with Gasteiger partial charge in [0.25, 0.3) is 0 Å². The van der Waals surface area contributed by atoms with Crippen LogP contribution in [0.1, 0.15) is 31.8 Å². The number of nitrogens with zero attached hydrogens (tertiary/aromatic N) is 2. The highest BCUT2D eigenvalue weighted by atomic mass is 16.5. The minimum atomic E-state index is -0.557. The van der Waals surface area contributed by atoms with Crippen LogP contribution in [0.2, 0.25) is 0 Å². The van der Waals surface area contributed by atoms with Crippen molar-refractivity contribution in [1.29, 1.82) is 0 Å². The van der Waals surface area contributed by atoms with Crippen molar-refractivity contribution in [2.45, 2.75) is 0 Å². The summed E-state index contributed by atoms with van der Waals surface area (Å²) in [5.41, 5.74) is 2.13. The van der Waals surface area contributed by atoms with Crippen LogP contribution in [0.15, 0.2) is 89.6 Å². The van der Waals surface area contributed by atoms with E-state index in [0.29, 0.717) is 33.8 Å². The standard InChI is InChI=1S/C23H14N2O4/c1-2-20(26)29-15-12-10-14(11-13-15)24-25-19-9-5-8-18-21(19)23(28)17-7-4-3-6-16(17)22(18)27/h2-13H,1H2. The van der Waals surface area contributed by atoms with Gasteiger partial charge in [0.1, 0.15) is 5.75 Å². The monoisotopic (exact) mass is 382 g/mol. The average Bonchev–Trinajstić information content (AvgIpc) is 2.76. The molecule has 6 nitrogen and oxygen atoms in total. The van der Waals surface area contributed by atoms with Gasteiger partial charge >= 0.3 is 5.97 Å². The summed E-state index contributed by atoms with van der Waals surface area (Å²) in [6.45, 7) is 3.34. The molecule has 0 aromatic heterocycles. The summed E-state index contributed by atoms with van der Waals surface area (Å²) in [6, 6.07) is 18.0. The van der Waals surface area contributed by atoms with E-state index in [1.807, 2.05) is 0 Å². The lowest BCUT2D eigenvalue weighted by atomic mass is 9.83. The van der Waals surface area contributed by atoms with E-state index < -0.39 is 5.97 Å². The Hall–Kier alpha value is -4.19. The zero-order valence-electron chi connectivity index (χ0n) is 15.2. The van der Waals surface area contributed by atoms with Crippen molar-refractivity contribution in [3.8, 4) is 5.75 Å². The highest BCUT2D eigenvalue weighted by Gasteiger charge is 2.31. The molecule has 1 aliphatic rings. The summed E-state index contributed by atoms with van der Waals surface area (Å²) in [6.07, 6.45) is 1.07. The van der Waals surface area contributed by atoms with Gasteiger partial charge in [0.05, 0.1) is 16.9 Å². The number of hydrogen-bond acceptors (Lipinski definition) is 6. The predicted molar refractivity (Wildman–Crippen MR) is 106 cm³/mol. The summed E-state index contributed by atoms with van der Waals surface area (Å²) in [5, 5.41) is 8.32. The molecule has 4 rings (SSSR count). The van der Waals surface area contributed by atoms with Crippen molar-refractivity contribution in [2.75, 3.05) is 0 Å². The maximum atomic E-state index is 13.0. The molecular formula is C23H14N2O4. The van der Waals surface area contributed by atoms with Gasteiger partial charge in [-0.3, -0.25) is 9.59 Å². The molecule has 29 heavy (non-hydrogen) atoms. The molecule has 0 aliphatic heterocycles. The molecule has 0 saturated carbocycles. The van der Waals surface area contributed by atoms with Crippen molar-refractivity contribution < 1.29 is 19.1 Å². The molecule has 0 saturated heterocycles. The molecule has 0 radical (unpaired) electrons. The van der Waals surface area contributed by atoms with Crippen molar-refractivity contribution in [3.05, 3.63) is 102 Å². The summed E-state index contributed by atoms with van der Waals surface area (Å²) in [4.78, 5) is 36.9. The molecule has 1 aliphatic carbocycles. The number of carbonyl (C=O) groups is 3. The smallest absolute Gasteiger partial charge is 0.335 e. The van der Waals surface area contributed by atoms with E-state index in [9.17, 15) is 14.4 Å². The summed E-state index contributed by atoms with van der Waals surface area (Å²) >= 11 is 0. The number of rotatable bonds is 4. The molecule has 3 aromatic carbocycles. The molecule has 140 valence electrons. The second kappa shape index (κ2) is 7.44. The van der Waals surface area contributed by atoms with E-state index in [-0.39, 0.29) is 17.1 Å². The van der Waals surface area contributed by atoms with Crippen molar-refractivity contribution in [2.24, 2.45) is 10.2 Å². The third-order valence-corrected chi connectivity index (χ3v) is 4.43. The SMILES string of the molecule is C=CC(=O)Oc1ccc(N=Nc2cccc3c2C(=O)c2ccccc2C3=O)cc1. The fourth-order valence-electron chi connectivity index (χ4n) is 3.06. The number of fused-ring (bicyclic) bond motifs is 2. The average molecular weight is 382 g/mol. The Labute approximate surface area is 166 Å². The second-order valence-electron chi connectivity index (χ2n) is 6.22. The van der Waals surface area contributed by atoms with Gasteiger partial charge in [-0.25, -0.2) is 4.79 Å². The first-order chi connectivity index (χ1) is 14.1. The molecule has 0 heterocycles. The molecule has 0 bridgehead atoms. The van der Waals surface area contributed by atoms with Crippen LogP contribution < -0.4 is 4.74 Å². The fourth-order valence-corrected chi connectivity index (χ4v) is 3.06. The minimum absolute atomic E-state index is 0.208. The van der Waals surface area contributed by atoms with E-state index >= 15 is 0 Å². The first-order valence-corrected chi connectivity index (χ1v) is 8.76. The van der Waals surface area contributed by atoms with Gasteiger partial charge < -0.3 is 4.74 Å². The number of benzene rings is 3. The van der Waals surface area contributed by atoms with Crippen LogP contribution >= 0.6 is 0 Å². The van der Waals surface area contributed by atoms with Crippen molar-refractivity contribution >= 4 is 28.9 Å². The Balaban J connectivity index is 1.66. The van der Waals surface area contributed by atoms with Gasteiger partial charge in [-0.1, -0.05) is 43.0 Å². The molecule has 0 atom stereocenters. The minimum Gasteiger partial charge on any atom is -0.423 e. The zero-order valence-corrected chi connectivity index (χ0v) is 15.2. The lowest BCUT2D eigenvalue weighted by Crippen LogP contribution is -2.20. The van der Waals surface area contributed by atoms with Gasteiger partial charge in [0.15, 0.2) is 11.6 Å². The number of carbonyl (C=O) groups excluding carboxylic acids is 3. The Morgan fingerprint density at radius 3 is 2.14 bits per heavy atom. The maximum Gasteiger partial charge on any atom is 0.335 e. The van der Waals surface area contributed by atoms with E-state index in [1.54, 1.807) is 66.7 Å². The van der Waals surface area contributed by atoms with Crippen LogP contribution in [0, 0.1) is 0 Å². The molecule has 0 spiro atoms. The van der Waals surface area contributed by atoms with Gasteiger partial charge in [0, 0.05) is 22.8 Å². The molecule has 0 amide bonds. The van der Waals surface area contributed by atoms with E-state index in [4.69, 9.17) is 4.74 Å². The Bertz CT molecular complexity index is 1190. The molecular weight excluding hydrogens is 368 g/mol. The van der Waals surface area contributed by atoms with Crippen LogP contribution in [-0.2, 0) is 4.79 Å². The van der Waals surface area contributed by atoms with Crippen LogP contribution in [0.5, 0.6) is 5.75 Å². The number of ether oxygens (including phenoxy) is 1. The molecule has 3 aromatic rings. The van der Waals surface area contributed by atoms with Gasteiger partial charge in [0.2, 0.25) is 0 Å². The second-order valence-corrected chi connectivity index (χ2v) is 6.22. The number of hydrogen-bond donors (Lipinski definition) is 0. The quantitative estimate of drug-likeness (QED) is 0.216. The van der Waals surface area contributed by atoms with Crippen LogP contribution in [0.3, 0.4) is 0 Å². The van der Waals surface area contributed by atoms with Crippen LogP contribution in [0.4, 0.5) is 11.4 Å². The lowest BCUT2D eigenvalue weighted by molar-refractivity contribution is -0.128. The first kappa shape index (κ1) is 18.2. The Morgan fingerprint density at radius 2 is 1.45 bits per heavy atom. The van der Waals surface area contributed by atoms with E-state index in [0.717, 1.165) is 6.08 Å². The number of esters is 1. The Kier molecular flexibility index (Phi) is 4.66. The van der Waals surface area contributed by atoms with Gasteiger partial charge in [-0.05, 0) is 30.3 Å². The highest BCUT2D eigenvalue weighted by molar-refractivity contribution is 6.29. The summed E-state index contributed by atoms with van der Waals surface area (Å²) < 4.78 is 5.00. The molecule has 0 N–H and O–H groups in total. The topological polar surface area (TPSA) is 85.2 Å².